The van der Waals surface area contributed by atoms with Crippen molar-refractivity contribution in [2.24, 2.45) is 0 Å². The van der Waals surface area contributed by atoms with E-state index in [1.54, 1.807) is 12.3 Å². The minimum atomic E-state index is -0.344. The van der Waals surface area contributed by atoms with Gasteiger partial charge in [0, 0.05) is 18.0 Å². The summed E-state index contributed by atoms with van der Waals surface area (Å²) in [5, 5.41) is 0. The molecule has 1 aromatic carbocycles. The first-order valence-corrected chi connectivity index (χ1v) is 6.95. The first-order valence-electron chi connectivity index (χ1n) is 6.95. The number of rotatable bonds is 7. The molecule has 0 amide bonds. The molecule has 4 heteroatoms. The predicted octanol–water partition coefficient (Wildman–Crippen LogP) is 3.36. The number of carbonyl (C=O) groups excluding carboxylic acids is 1. The summed E-state index contributed by atoms with van der Waals surface area (Å²) in [6.45, 7) is 1.41. The van der Waals surface area contributed by atoms with Gasteiger partial charge in [0.15, 0.2) is 5.78 Å². The lowest BCUT2D eigenvalue weighted by molar-refractivity contribution is -0.118. The smallest absolute Gasteiger partial charge is 0.167 e. The topological polar surface area (TPSA) is 39.2 Å². The van der Waals surface area contributed by atoms with E-state index in [0.717, 1.165) is 30.5 Å². The first kappa shape index (κ1) is 15.2. The number of aryl methyl sites for hydroxylation is 2. The highest BCUT2D eigenvalue weighted by Crippen LogP contribution is 2.18. The quantitative estimate of drug-likeness (QED) is 0.784. The molecule has 21 heavy (non-hydrogen) atoms. The number of hydrogen-bond acceptors (Lipinski definition) is 3. The Kier molecular flexibility index (Phi) is 5.43. The number of Topliss-reactive ketones (excluding diaryl/α,β-unsaturated/α-hetero) is 1. The van der Waals surface area contributed by atoms with Crippen LogP contribution in [0.4, 0.5) is 4.39 Å². The Morgan fingerprint density at radius 2 is 2.10 bits per heavy atom. The average molecular weight is 287 g/mol. The third kappa shape index (κ3) is 5.34. The van der Waals surface area contributed by atoms with Crippen LogP contribution in [-0.2, 0) is 17.6 Å². The maximum atomic E-state index is 13.5. The van der Waals surface area contributed by atoms with Gasteiger partial charge in [0.25, 0.3) is 0 Å². The number of nitrogens with zero attached hydrogens (tertiary/aromatic N) is 1. The van der Waals surface area contributed by atoms with Crippen LogP contribution in [0.15, 0.2) is 42.6 Å². The van der Waals surface area contributed by atoms with Gasteiger partial charge in [-0.25, -0.2) is 4.39 Å². The van der Waals surface area contributed by atoms with Crippen molar-refractivity contribution < 1.29 is 13.9 Å². The van der Waals surface area contributed by atoms with Crippen LogP contribution in [0.2, 0.25) is 0 Å². The van der Waals surface area contributed by atoms with Crippen LogP contribution >= 0.6 is 0 Å². The fourth-order valence-electron chi connectivity index (χ4n) is 2.05. The van der Waals surface area contributed by atoms with Crippen molar-refractivity contribution in [3.05, 3.63) is 59.7 Å². The van der Waals surface area contributed by atoms with Crippen molar-refractivity contribution in [3.8, 4) is 5.75 Å². The molecule has 1 aromatic heterocycles. The maximum Gasteiger partial charge on any atom is 0.167 e. The van der Waals surface area contributed by atoms with Crippen molar-refractivity contribution in [2.45, 2.75) is 26.2 Å². The molecule has 0 unspecified atom stereocenters. The zero-order valence-corrected chi connectivity index (χ0v) is 12.0. The third-order valence-electron chi connectivity index (χ3n) is 3.00. The normalized spacial score (nSPS) is 10.4. The summed E-state index contributed by atoms with van der Waals surface area (Å²) in [5.41, 5.74) is 1.89. The van der Waals surface area contributed by atoms with Crippen molar-refractivity contribution in [3.63, 3.8) is 0 Å². The van der Waals surface area contributed by atoms with E-state index in [4.69, 9.17) is 4.74 Å². The van der Waals surface area contributed by atoms with Crippen LogP contribution in [0.1, 0.15) is 24.6 Å². The van der Waals surface area contributed by atoms with Crippen molar-refractivity contribution in [1.29, 1.82) is 0 Å². The van der Waals surface area contributed by atoms with Crippen LogP contribution < -0.4 is 4.74 Å². The molecule has 0 bridgehead atoms. The molecule has 0 N–H and O–H groups in total. The molecule has 0 aliphatic carbocycles. The highest BCUT2D eigenvalue weighted by atomic mass is 19.1. The van der Waals surface area contributed by atoms with Gasteiger partial charge in [0.2, 0.25) is 0 Å². The lowest BCUT2D eigenvalue weighted by Gasteiger charge is -2.07. The fraction of sp³-hybridized carbons (Fsp3) is 0.294. The molecule has 0 saturated heterocycles. The molecule has 0 aliphatic heterocycles. The molecule has 0 atom stereocenters. The molecule has 1 heterocycles. The van der Waals surface area contributed by atoms with E-state index in [0.29, 0.717) is 5.75 Å². The second-order valence-electron chi connectivity index (χ2n) is 4.96. The number of benzene rings is 1. The minimum Gasteiger partial charge on any atom is -0.486 e. The van der Waals surface area contributed by atoms with Gasteiger partial charge in [-0.15, -0.1) is 0 Å². The summed E-state index contributed by atoms with van der Waals surface area (Å²) in [5.74, 6) is -0.0297. The molecule has 0 fully saturated rings. The molecule has 2 aromatic rings. The number of halogens is 1. The Balaban J connectivity index is 1.91. The number of hydrogen-bond donors (Lipinski definition) is 0. The zero-order chi connectivity index (χ0) is 15.1. The Labute approximate surface area is 123 Å². The monoisotopic (exact) mass is 287 g/mol. The van der Waals surface area contributed by atoms with Crippen molar-refractivity contribution in [2.75, 3.05) is 6.61 Å². The molecule has 2 rings (SSSR count). The number of pyridine rings is 1. The van der Waals surface area contributed by atoms with Crippen molar-refractivity contribution >= 4 is 5.78 Å². The van der Waals surface area contributed by atoms with E-state index in [1.165, 1.54) is 19.1 Å². The van der Waals surface area contributed by atoms with E-state index < -0.39 is 0 Å². The highest BCUT2D eigenvalue weighted by molar-refractivity contribution is 5.77. The van der Waals surface area contributed by atoms with Gasteiger partial charge in [0.05, 0.1) is 0 Å². The van der Waals surface area contributed by atoms with E-state index in [2.05, 4.69) is 4.98 Å². The Morgan fingerprint density at radius 1 is 1.24 bits per heavy atom. The van der Waals surface area contributed by atoms with E-state index in [9.17, 15) is 9.18 Å². The standard InChI is InChI=1S/C17H18FNO2/c1-13(20)12-21-17-10-14(9-15(18)11-17)5-4-7-16-6-2-3-8-19-16/h2-3,6,8-11H,4-5,7,12H2,1H3. The number of ether oxygens (including phenoxy) is 1. The fourth-order valence-corrected chi connectivity index (χ4v) is 2.05. The Morgan fingerprint density at radius 3 is 2.81 bits per heavy atom. The summed E-state index contributed by atoms with van der Waals surface area (Å²) in [7, 11) is 0. The Hall–Kier alpha value is -2.23. The number of ketones is 1. The molecule has 3 nitrogen and oxygen atoms in total. The molecule has 0 saturated carbocycles. The van der Waals surface area contributed by atoms with Gasteiger partial charge in [-0.2, -0.15) is 0 Å². The van der Waals surface area contributed by atoms with Crippen LogP contribution in [0.25, 0.3) is 0 Å². The molecular weight excluding hydrogens is 269 g/mol. The largest absolute Gasteiger partial charge is 0.486 e. The van der Waals surface area contributed by atoms with E-state index in [-0.39, 0.29) is 18.2 Å². The first-order chi connectivity index (χ1) is 10.1. The number of aromatic nitrogens is 1. The maximum absolute atomic E-state index is 13.5. The van der Waals surface area contributed by atoms with Gasteiger partial charge >= 0.3 is 0 Å². The molecular formula is C17H18FNO2. The van der Waals surface area contributed by atoms with Gasteiger partial charge in [-0.3, -0.25) is 9.78 Å². The zero-order valence-electron chi connectivity index (χ0n) is 12.0. The second-order valence-corrected chi connectivity index (χ2v) is 4.96. The summed E-state index contributed by atoms with van der Waals surface area (Å²) in [6.07, 6.45) is 4.24. The van der Waals surface area contributed by atoms with Crippen LogP contribution in [-0.4, -0.2) is 17.4 Å². The minimum absolute atomic E-state index is 0.0309. The summed E-state index contributed by atoms with van der Waals surface area (Å²) < 4.78 is 18.8. The van der Waals surface area contributed by atoms with Crippen LogP contribution in [0, 0.1) is 5.82 Å². The molecule has 0 aliphatic rings. The van der Waals surface area contributed by atoms with Gasteiger partial charge in [0.1, 0.15) is 18.2 Å². The average Bonchev–Trinajstić information content (AvgIpc) is 2.46. The summed E-state index contributed by atoms with van der Waals surface area (Å²) in [4.78, 5) is 15.1. The lowest BCUT2D eigenvalue weighted by Crippen LogP contribution is -2.07. The predicted molar refractivity (Wildman–Crippen MR) is 78.8 cm³/mol. The Bertz CT molecular complexity index is 599. The lowest BCUT2D eigenvalue weighted by atomic mass is 10.1. The summed E-state index contributed by atoms with van der Waals surface area (Å²) in [6, 6.07) is 10.4. The molecule has 110 valence electrons. The van der Waals surface area contributed by atoms with Gasteiger partial charge < -0.3 is 4.74 Å². The second kappa shape index (κ2) is 7.53. The SMILES string of the molecule is CC(=O)COc1cc(F)cc(CCCc2ccccn2)c1. The van der Waals surface area contributed by atoms with E-state index in [1.807, 2.05) is 18.2 Å². The van der Waals surface area contributed by atoms with Crippen molar-refractivity contribution in [1.82, 2.24) is 4.98 Å². The highest BCUT2D eigenvalue weighted by Gasteiger charge is 2.04. The number of carbonyl (C=O) groups is 1. The third-order valence-corrected chi connectivity index (χ3v) is 3.00. The van der Waals surface area contributed by atoms with E-state index >= 15 is 0 Å². The molecule has 0 spiro atoms. The molecule has 0 radical (unpaired) electrons. The van der Waals surface area contributed by atoms with Gasteiger partial charge in [-0.05, 0) is 56.0 Å². The summed E-state index contributed by atoms with van der Waals surface area (Å²) >= 11 is 0. The van der Waals surface area contributed by atoms with Crippen LogP contribution in [0.5, 0.6) is 5.75 Å². The van der Waals surface area contributed by atoms with Crippen LogP contribution in [0.3, 0.4) is 0 Å². The van der Waals surface area contributed by atoms with Gasteiger partial charge in [-0.1, -0.05) is 6.07 Å².